The Morgan fingerprint density at radius 3 is 2.56 bits per heavy atom. The Balaban J connectivity index is 1.67. The molecule has 1 aliphatic carbocycles. The Labute approximate surface area is 155 Å². The van der Waals surface area contributed by atoms with E-state index in [1.54, 1.807) is 12.1 Å². The molecule has 1 saturated carbocycles. The molecule has 3 rings (SSSR count). The number of halogens is 2. The second-order valence-corrected chi connectivity index (χ2v) is 7.40. The molecule has 2 amide bonds. The lowest BCUT2D eigenvalue weighted by atomic mass is 10.1. The van der Waals surface area contributed by atoms with Gasteiger partial charge in [0.1, 0.15) is 6.04 Å². The van der Waals surface area contributed by atoms with Crippen molar-refractivity contribution in [2.75, 3.05) is 13.1 Å². The fraction of sp³-hybridized carbons (Fsp3) is 0.471. The lowest BCUT2D eigenvalue weighted by Gasteiger charge is -2.25. The third-order valence-corrected chi connectivity index (χ3v) is 5.63. The van der Waals surface area contributed by atoms with Crippen LogP contribution in [0, 0.1) is 5.41 Å². The van der Waals surface area contributed by atoms with Crippen LogP contribution >= 0.6 is 23.2 Å². The van der Waals surface area contributed by atoms with Crippen molar-refractivity contribution in [2.24, 2.45) is 5.41 Å². The van der Waals surface area contributed by atoms with Crippen LogP contribution in [0.3, 0.4) is 0 Å². The van der Waals surface area contributed by atoms with Gasteiger partial charge in [-0.25, -0.2) is 0 Å². The van der Waals surface area contributed by atoms with Crippen molar-refractivity contribution >= 4 is 41.0 Å². The number of aliphatic carboxylic acids is 1. The summed E-state index contributed by atoms with van der Waals surface area (Å²) in [6, 6.07) is 4.02. The number of amides is 2. The molecule has 2 fully saturated rings. The first-order valence-corrected chi connectivity index (χ1v) is 8.87. The van der Waals surface area contributed by atoms with Crippen molar-refractivity contribution < 1.29 is 19.5 Å². The van der Waals surface area contributed by atoms with E-state index in [-0.39, 0.29) is 23.4 Å². The van der Waals surface area contributed by atoms with Crippen molar-refractivity contribution in [2.45, 2.75) is 31.7 Å². The molecule has 134 valence electrons. The monoisotopic (exact) mass is 384 g/mol. The zero-order valence-corrected chi connectivity index (χ0v) is 14.9. The van der Waals surface area contributed by atoms with Crippen LogP contribution in [0.25, 0.3) is 0 Å². The molecule has 0 aromatic heterocycles. The van der Waals surface area contributed by atoms with Gasteiger partial charge in [-0.2, -0.15) is 0 Å². The fourth-order valence-electron chi connectivity index (χ4n) is 3.07. The lowest BCUT2D eigenvalue weighted by molar-refractivity contribution is -0.143. The molecule has 1 aliphatic heterocycles. The maximum Gasteiger partial charge on any atom is 0.311 e. The number of nitrogens with one attached hydrogen (secondary N) is 1. The van der Waals surface area contributed by atoms with E-state index in [4.69, 9.17) is 23.2 Å². The quantitative estimate of drug-likeness (QED) is 0.816. The highest BCUT2D eigenvalue weighted by Crippen LogP contribution is 2.45. The van der Waals surface area contributed by atoms with Crippen LogP contribution < -0.4 is 5.32 Å². The predicted molar refractivity (Wildman–Crippen MR) is 92.8 cm³/mol. The second-order valence-electron chi connectivity index (χ2n) is 6.59. The van der Waals surface area contributed by atoms with E-state index >= 15 is 0 Å². The molecule has 1 heterocycles. The third kappa shape index (κ3) is 3.60. The van der Waals surface area contributed by atoms with Crippen LogP contribution in [0.2, 0.25) is 10.0 Å². The number of benzene rings is 1. The van der Waals surface area contributed by atoms with Crippen LogP contribution in [0.5, 0.6) is 0 Å². The van der Waals surface area contributed by atoms with Crippen molar-refractivity contribution in [3.05, 3.63) is 33.8 Å². The first-order chi connectivity index (χ1) is 11.8. The Hall–Kier alpha value is -1.79. The molecule has 1 saturated heterocycles. The van der Waals surface area contributed by atoms with E-state index in [0.29, 0.717) is 36.4 Å². The van der Waals surface area contributed by atoms with Gasteiger partial charge in [0.25, 0.3) is 5.91 Å². The van der Waals surface area contributed by atoms with Gasteiger partial charge in [-0.15, -0.1) is 0 Å². The molecule has 1 atom stereocenters. The second kappa shape index (κ2) is 6.84. The summed E-state index contributed by atoms with van der Waals surface area (Å²) in [7, 11) is 0. The van der Waals surface area contributed by atoms with E-state index in [0.717, 1.165) is 6.42 Å². The number of hydrogen-bond acceptors (Lipinski definition) is 3. The van der Waals surface area contributed by atoms with Gasteiger partial charge in [0.15, 0.2) is 0 Å². The van der Waals surface area contributed by atoms with Crippen LogP contribution in [-0.2, 0) is 9.59 Å². The third-order valence-electron chi connectivity index (χ3n) is 4.89. The van der Waals surface area contributed by atoms with Gasteiger partial charge in [-0.3, -0.25) is 14.4 Å². The van der Waals surface area contributed by atoms with Crippen molar-refractivity contribution in [1.29, 1.82) is 0 Å². The molecule has 1 aromatic rings. The topological polar surface area (TPSA) is 86.7 Å². The molecule has 8 heteroatoms. The zero-order chi connectivity index (χ0) is 18.2. The summed E-state index contributed by atoms with van der Waals surface area (Å²) in [5.41, 5.74) is -0.453. The molecular formula is C17H18Cl2N2O4. The number of hydrogen-bond donors (Lipinski definition) is 2. The Morgan fingerprint density at radius 1 is 1.24 bits per heavy atom. The van der Waals surface area contributed by atoms with E-state index in [2.05, 4.69) is 5.32 Å². The van der Waals surface area contributed by atoms with Gasteiger partial charge >= 0.3 is 5.97 Å². The highest BCUT2D eigenvalue weighted by atomic mass is 35.5. The lowest BCUT2D eigenvalue weighted by Crippen LogP contribution is -2.47. The first kappa shape index (κ1) is 18.0. The molecule has 0 spiro atoms. The number of nitrogens with zero attached hydrogens (tertiary/aromatic N) is 1. The molecule has 2 N–H and O–H groups in total. The molecule has 6 nitrogen and oxygen atoms in total. The number of rotatable bonds is 5. The number of carboxylic acids is 1. The average molecular weight is 385 g/mol. The van der Waals surface area contributed by atoms with Gasteiger partial charge < -0.3 is 15.3 Å². The Morgan fingerprint density at radius 2 is 1.96 bits per heavy atom. The van der Waals surface area contributed by atoms with Gasteiger partial charge in [0, 0.05) is 18.7 Å². The van der Waals surface area contributed by atoms with Crippen LogP contribution in [0.4, 0.5) is 0 Å². The maximum absolute atomic E-state index is 12.7. The normalized spacial score (nSPS) is 21.0. The SMILES string of the molecule is O=C(NCC1(C(=O)O)CC1)C1CCCN1C(=O)c1ccc(Cl)c(Cl)c1. The van der Waals surface area contributed by atoms with E-state index in [1.807, 2.05) is 0 Å². The Kier molecular flexibility index (Phi) is 4.93. The molecule has 0 bridgehead atoms. The zero-order valence-electron chi connectivity index (χ0n) is 13.4. The molecule has 25 heavy (non-hydrogen) atoms. The summed E-state index contributed by atoms with van der Waals surface area (Å²) in [6.45, 7) is 0.577. The summed E-state index contributed by atoms with van der Waals surface area (Å²) < 4.78 is 0. The van der Waals surface area contributed by atoms with Gasteiger partial charge in [-0.05, 0) is 43.9 Å². The largest absolute Gasteiger partial charge is 0.481 e. The minimum absolute atomic E-state index is 0.104. The number of carboxylic acid groups (broad SMARTS) is 1. The highest BCUT2D eigenvalue weighted by molar-refractivity contribution is 6.42. The molecule has 1 unspecified atom stereocenters. The first-order valence-electron chi connectivity index (χ1n) is 8.11. The molecule has 2 aliphatic rings. The van der Waals surface area contributed by atoms with Crippen LogP contribution in [-0.4, -0.2) is 46.9 Å². The van der Waals surface area contributed by atoms with Gasteiger partial charge in [0.2, 0.25) is 5.91 Å². The van der Waals surface area contributed by atoms with Gasteiger partial charge in [0.05, 0.1) is 15.5 Å². The van der Waals surface area contributed by atoms with Crippen molar-refractivity contribution in [1.82, 2.24) is 10.2 Å². The minimum Gasteiger partial charge on any atom is -0.481 e. The van der Waals surface area contributed by atoms with E-state index < -0.39 is 17.4 Å². The fourth-order valence-corrected chi connectivity index (χ4v) is 3.37. The van der Waals surface area contributed by atoms with Crippen molar-refractivity contribution in [3.8, 4) is 0 Å². The maximum atomic E-state index is 12.7. The summed E-state index contributed by atoms with van der Waals surface area (Å²) in [5.74, 6) is -1.48. The smallest absolute Gasteiger partial charge is 0.311 e. The summed E-state index contributed by atoms with van der Waals surface area (Å²) in [5, 5.41) is 12.5. The summed E-state index contributed by atoms with van der Waals surface area (Å²) >= 11 is 11.8. The minimum atomic E-state index is -0.886. The molecule has 0 radical (unpaired) electrons. The Bertz CT molecular complexity index is 733. The van der Waals surface area contributed by atoms with Crippen molar-refractivity contribution in [3.63, 3.8) is 0 Å². The van der Waals surface area contributed by atoms with Gasteiger partial charge in [-0.1, -0.05) is 23.2 Å². The number of likely N-dealkylation sites (tertiary alicyclic amines) is 1. The van der Waals surface area contributed by atoms with E-state index in [1.165, 1.54) is 11.0 Å². The van der Waals surface area contributed by atoms with Crippen LogP contribution in [0.15, 0.2) is 18.2 Å². The molecule has 1 aromatic carbocycles. The predicted octanol–water partition coefficient (Wildman–Crippen LogP) is 2.58. The van der Waals surface area contributed by atoms with E-state index in [9.17, 15) is 19.5 Å². The number of carbonyl (C=O) groups is 3. The summed E-state index contributed by atoms with van der Waals surface area (Å²) in [6.07, 6.45) is 2.41. The summed E-state index contributed by atoms with van der Waals surface area (Å²) in [4.78, 5) is 37.9. The highest BCUT2D eigenvalue weighted by Gasteiger charge is 2.50. The average Bonchev–Trinajstić information content (AvgIpc) is 3.23. The van der Waals surface area contributed by atoms with Crippen LogP contribution in [0.1, 0.15) is 36.0 Å². The standard InChI is InChI=1S/C17H18Cl2N2O4/c18-11-4-3-10(8-12(11)19)15(23)21-7-1-2-13(21)14(22)20-9-17(5-6-17)16(24)25/h3-4,8,13H,1-2,5-7,9H2,(H,20,22)(H,24,25). The molecular weight excluding hydrogens is 367 g/mol. The number of carbonyl (C=O) groups excluding carboxylic acids is 2.